The molecule has 6 nitrogen and oxygen atoms in total. The van der Waals surface area contributed by atoms with Crippen molar-refractivity contribution in [1.29, 1.82) is 0 Å². The minimum atomic E-state index is -1.32. The number of esters is 2. The van der Waals surface area contributed by atoms with Gasteiger partial charge in [-0.15, -0.1) is 4.67 Å². The van der Waals surface area contributed by atoms with E-state index in [-0.39, 0.29) is 12.0 Å². The second-order valence-electron chi connectivity index (χ2n) is 5.58. The largest absolute Gasteiger partial charge is 0.446 e. The highest BCUT2D eigenvalue weighted by atomic mass is 16.6. The fraction of sp³-hybridized carbons (Fsp3) is 0.190. The number of hydrogen-bond acceptors (Lipinski definition) is 5. The van der Waals surface area contributed by atoms with Gasteiger partial charge in [-0.1, -0.05) is 43.3 Å². The van der Waals surface area contributed by atoms with Gasteiger partial charge in [0.25, 0.3) is 6.72 Å². The lowest BCUT2D eigenvalue weighted by molar-refractivity contribution is -0.131. The standard InChI is InChI=1S/C21H20NO5/c1-3-17(23)19(27-21(25)16-12-8-5-9-13-16)18(14-22-2)26-20(24)15-10-6-4-7-11-15/h4-14,18-19H,2-3H2,1H3/q+1/t18-,19+/m0/s1. The number of benzene rings is 2. The summed E-state index contributed by atoms with van der Waals surface area (Å²) >= 11 is 0. The van der Waals surface area contributed by atoms with Crippen molar-refractivity contribution in [1.82, 2.24) is 4.67 Å². The molecule has 27 heavy (non-hydrogen) atoms. The molecular weight excluding hydrogens is 346 g/mol. The van der Waals surface area contributed by atoms with Gasteiger partial charge >= 0.3 is 18.2 Å². The number of ether oxygens (including phenoxy) is 2. The second-order valence-corrected chi connectivity index (χ2v) is 5.58. The summed E-state index contributed by atoms with van der Waals surface area (Å²) in [6.07, 6.45) is -1.23. The van der Waals surface area contributed by atoms with Gasteiger partial charge in [-0.25, -0.2) is 9.59 Å². The predicted molar refractivity (Wildman–Crippen MR) is 102 cm³/mol. The summed E-state index contributed by atoms with van der Waals surface area (Å²) in [5.41, 5.74) is 0.586. The van der Waals surface area contributed by atoms with E-state index in [4.69, 9.17) is 9.47 Å². The molecule has 0 amide bonds. The lowest BCUT2D eigenvalue weighted by Gasteiger charge is -2.20. The maximum absolute atomic E-state index is 12.4. The Morgan fingerprint density at radius 1 is 0.926 bits per heavy atom. The Bertz CT molecular complexity index is 841. The highest BCUT2D eigenvalue weighted by Crippen LogP contribution is 2.13. The lowest BCUT2D eigenvalue weighted by atomic mass is 10.1. The van der Waals surface area contributed by atoms with Crippen molar-refractivity contribution in [3.05, 3.63) is 71.8 Å². The molecule has 2 aromatic rings. The van der Waals surface area contributed by atoms with E-state index in [0.29, 0.717) is 5.56 Å². The summed E-state index contributed by atoms with van der Waals surface area (Å²) in [6, 6.07) is 16.5. The van der Waals surface area contributed by atoms with Gasteiger partial charge in [0, 0.05) is 6.42 Å². The highest BCUT2D eigenvalue weighted by Gasteiger charge is 2.36. The summed E-state index contributed by atoms with van der Waals surface area (Å²) in [7, 11) is 0. The third-order valence-electron chi connectivity index (χ3n) is 3.71. The van der Waals surface area contributed by atoms with Crippen LogP contribution in [-0.4, -0.2) is 42.9 Å². The average Bonchev–Trinajstić information content (AvgIpc) is 2.72. The van der Waals surface area contributed by atoms with E-state index in [1.54, 1.807) is 67.6 Å². The van der Waals surface area contributed by atoms with Gasteiger partial charge in [0.15, 0.2) is 5.78 Å². The van der Waals surface area contributed by atoms with Gasteiger partial charge in [0.2, 0.25) is 12.2 Å². The van der Waals surface area contributed by atoms with Crippen LogP contribution < -0.4 is 4.67 Å². The topological polar surface area (TPSA) is 83.8 Å². The smallest absolute Gasteiger partial charge is 0.339 e. The van der Waals surface area contributed by atoms with Crippen LogP contribution in [0.25, 0.3) is 0 Å². The van der Waals surface area contributed by atoms with Crippen molar-refractivity contribution in [3.8, 4) is 0 Å². The number of carbonyl (C=O) groups excluding carboxylic acids is 3. The summed E-state index contributed by atoms with van der Waals surface area (Å²) in [5.74, 6) is -1.75. The Kier molecular flexibility index (Phi) is 7.23. The molecule has 0 spiro atoms. The fourth-order valence-corrected chi connectivity index (χ4v) is 2.31. The molecule has 0 aromatic heterocycles. The van der Waals surface area contributed by atoms with E-state index in [1.165, 1.54) is 6.21 Å². The van der Waals surface area contributed by atoms with Gasteiger partial charge in [0.1, 0.15) is 0 Å². The van der Waals surface area contributed by atoms with E-state index < -0.39 is 29.9 Å². The second kappa shape index (κ2) is 9.85. The molecule has 0 aliphatic rings. The zero-order valence-electron chi connectivity index (χ0n) is 14.9. The molecule has 0 radical (unpaired) electrons. The first-order valence-electron chi connectivity index (χ1n) is 8.40. The monoisotopic (exact) mass is 366 g/mol. The van der Waals surface area contributed by atoms with E-state index in [1.807, 2.05) is 0 Å². The maximum Gasteiger partial charge on any atom is 0.339 e. The normalized spacial score (nSPS) is 12.2. The third-order valence-corrected chi connectivity index (χ3v) is 3.71. The molecule has 0 bridgehead atoms. The van der Waals surface area contributed by atoms with Crippen molar-refractivity contribution < 1.29 is 23.9 Å². The van der Waals surface area contributed by atoms with Crippen LogP contribution in [0.5, 0.6) is 0 Å². The first-order chi connectivity index (χ1) is 13.1. The molecule has 0 saturated carbocycles. The van der Waals surface area contributed by atoms with Crippen LogP contribution in [0, 0.1) is 0 Å². The van der Waals surface area contributed by atoms with Gasteiger partial charge in [-0.3, -0.25) is 4.79 Å². The number of carbonyl (C=O) groups is 3. The Morgan fingerprint density at radius 2 is 1.41 bits per heavy atom. The molecule has 2 atom stereocenters. The summed E-state index contributed by atoms with van der Waals surface area (Å²) in [5, 5.41) is 0. The molecule has 0 heterocycles. The van der Waals surface area contributed by atoms with Gasteiger partial charge in [0.05, 0.1) is 11.1 Å². The number of rotatable bonds is 8. The van der Waals surface area contributed by atoms with Crippen molar-refractivity contribution in [2.45, 2.75) is 25.6 Å². The Hall–Kier alpha value is -3.50. The molecule has 2 rings (SSSR count). The molecule has 0 fully saturated rings. The predicted octanol–water partition coefficient (Wildman–Crippen LogP) is 2.26. The van der Waals surface area contributed by atoms with Crippen LogP contribution in [-0.2, 0) is 14.3 Å². The van der Waals surface area contributed by atoms with Crippen molar-refractivity contribution in [3.63, 3.8) is 0 Å². The van der Waals surface area contributed by atoms with Crippen LogP contribution in [0.3, 0.4) is 0 Å². The van der Waals surface area contributed by atoms with Crippen LogP contribution in [0.2, 0.25) is 0 Å². The molecule has 0 unspecified atom stereocenters. The zero-order chi connectivity index (χ0) is 19.6. The Labute approximate surface area is 157 Å². The fourth-order valence-electron chi connectivity index (χ4n) is 2.31. The SMILES string of the molecule is C=[N+]=C[C@H](OC(=O)c1ccccc1)[C@H](OC(=O)c1ccccc1)C(=O)CC. The first-order valence-corrected chi connectivity index (χ1v) is 8.40. The molecule has 0 saturated heterocycles. The number of Topliss-reactive ketones (excluding diaryl/α,β-unsaturated/α-hetero) is 1. The molecule has 0 aliphatic heterocycles. The first kappa shape index (κ1) is 19.8. The Morgan fingerprint density at radius 3 is 1.85 bits per heavy atom. The molecule has 138 valence electrons. The minimum Gasteiger partial charge on any atom is -0.446 e. The maximum atomic E-state index is 12.4. The molecular formula is C21H20NO5+. The van der Waals surface area contributed by atoms with Crippen molar-refractivity contribution in [2.24, 2.45) is 0 Å². The lowest BCUT2D eigenvalue weighted by Crippen LogP contribution is -2.42. The molecule has 6 heteroatoms. The van der Waals surface area contributed by atoms with Gasteiger partial charge in [-0.05, 0) is 24.3 Å². The van der Waals surface area contributed by atoms with Crippen molar-refractivity contribution >= 4 is 30.7 Å². The average molecular weight is 366 g/mol. The van der Waals surface area contributed by atoms with E-state index in [9.17, 15) is 14.4 Å². The molecule has 0 aliphatic carbocycles. The van der Waals surface area contributed by atoms with E-state index in [0.717, 1.165) is 0 Å². The molecule has 2 aromatic carbocycles. The van der Waals surface area contributed by atoms with Crippen LogP contribution in [0.15, 0.2) is 60.7 Å². The quantitative estimate of drug-likeness (QED) is 0.406. The third kappa shape index (κ3) is 5.49. The van der Waals surface area contributed by atoms with E-state index in [2.05, 4.69) is 11.4 Å². The van der Waals surface area contributed by atoms with Crippen LogP contribution in [0.1, 0.15) is 34.1 Å². The van der Waals surface area contributed by atoms with E-state index >= 15 is 0 Å². The number of nitrogens with zero attached hydrogens (tertiary/aromatic N) is 1. The number of hydrogen-bond donors (Lipinski definition) is 0. The Balaban J connectivity index is 2.24. The van der Waals surface area contributed by atoms with Gasteiger partial charge < -0.3 is 9.47 Å². The summed E-state index contributed by atoms with van der Waals surface area (Å²) in [6.45, 7) is 4.96. The zero-order valence-corrected chi connectivity index (χ0v) is 14.9. The number of ketones is 1. The van der Waals surface area contributed by atoms with Crippen LogP contribution in [0.4, 0.5) is 0 Å². The summed E-state index contributed by atoms with van der Waals surface area (Å²) < 4.78 is 14.3. The molecule has 0 N–H and O–H groups in total. The van der Waals surface area contributed by atoms with Gasteiger partial charge in [-0.2, -0.15) is 0 Å². The summed E-state index contributed by atoms with van der Waals surface area (Å²) in [4.78, 5) is 37.1. The highest BCUT2D eigenvalue weighted by molar-refractivity contribution is 5.96. The minimum absolute atomic E-state index is 0.0944. The van der Waals surface area contributed by atoms with Crippen LogP contribution >= 0.6 is 0 Å². The van der Waals surface area contributed by atoms with Crippen molar-refractivity contribution in [2.75, 3.05) is 0 Å².